The smallest absolute Gasteiger partial charge is 0.380 e. The van der Waals surface area contributed by atoms with E-state index in [0.717, 1.165) is 17.7 Å². The third kappa shape index (κ3) is 10.3. The SMILES string of the molecule is CCCCCCCCOc1ccc(C(=O)NCCc2ccc(OS(N)(=O)=O)cc2)cc1. The Balaban J connectivity index is 1.68. The monoisotopic (exact) mass is 448 g/mol. The molecule has 0 saturated carbocycles. The van der Waals surface area contributed by atoms with Crippen LogP contribution in [0, 0.1) is 0 Å². The number of ether oxygens (including phenoxy) is 1. The zero-order chi connectivity index (χ0) is 22.5. The number of benzene rings is 2. The molecule has 0 heterocycles. The molecule has 0 aliphatic rings. The Kier molecular flexibility index (Phi) is 10.3. The van der Waals surface area contributed by atoms with Crippen molar-refractivity contribution in [3.8, 4) is 11.5 Å². The summed E-state index contributed by atoms with van der Waals surface area (Å²) in [6, 6.07) is 13.6. The molecular weight excluding hydrogens is 416 g/mol. The van der Waals surface area contributed by atoms with Crippen LogP contribution in [0.2, 0.25) is 0 Å². The second-order valence-electron chi connectivity index (χ2n) is 7.37. The summed E-state index contributed by atoms with van der Waals surface area (Å²) in [5.41, 5.74) is 1.50. The summed E-state index contributed by atoms with van der Waals surface area (Å²) >= 11 is 0. The molecule has 0 aliphatic carbocycles. The van der Waals surface area contributed by atoms with Gasteiger partial charge in [0, 0.05) is 12.1 Å². The molecule has 0 spiro atoms. The van der Waals surface area contributed by atoms with Crippen molar-refractivity contribution in [1.29, 1.82) is 0 Å². The van der Waals surface area contributed by atoms with Crippen molar-refractivity contribution >= 4 is 16.2 Å². The maximum absolute atomic E-state index is 12.3. The summed E-state index contributed by atoms with van der Waals surface area (Å²) in [4.78, 5) is 12.3. The van der Waals surface area contributed by atoms with Gasteiger partial charge in [0.1, 0.15) is 11.5 Å². The van der Waals surface area contributed by atoms with Crippen LogP contribution in [0.15, 0.2) is 48.5 Å². The van der Waals surface area contributed by atoms with Crippen LogP contribution >= 0.6 is 0 Å². The van der Waals surface area contributed by atoms with Gasteiger partial charge < -0.3 is 14.2 Å². The molecule has 2 aromatic carbocycles. The highest BCUT2D eigenvalue weighted by molar-refractivity contribution is 7.84. The van der Waals surface area contributed by atoms with Gasteiger partial charge in [-0.25, -0.2) is 0 Å². The lowest BCUT2D eigenvalue weighted by Crippen LogP contribution is -2.25. The number of hydrogen-bond donors (Lipinski definition) is 2. The molecule has 0 saturated heterocycles. The molecule has 0 aliphatic heterocycles. The van der Waals surface area contributed by atoms with E-state index in [0.29, 0.717) is 25.1 Å². The number of carbonyl (C=O) groups is 1. The van der Waals surface area contributed by atoms with Crippen molar-refractivity contribution in [2.75, 3.05) is 13.2 Å². The van der Waals surface area contributed by atoms with E-state index in [1.807, 2.05) is 12.1 Å². The minimum atomic E-state index is -4.03. The molecular formula is C23H32N2O5S. The van der Waals surface area contributed by atoms with E-state index >= 15 is 0 Å². The van der Waals surface area contributed by atoms with E-state index in [1.165, 1.54) is 44.2 Å². The molecule has 0 radical (unpaired) electrons. The largest absolute Gasteiger partial charge is 0.494 e. The Morgan fingerprint density at radius 2 is 1.52 bits per heavy atom. The van der Waals surface area contributed by atoms with Gasteiger partial charge in [-0.15, -0.1) is 0 Å². The van der Waals surface area contributed by atoms with Crippen LogP contribution in [0.5, 0.6) is 11.5 Å². The van der Waals surface area contributed by atoms with Gasteiger partial charge in [0.2, 0.25) is 0 Å². The van der Waals surface area contributed by atoms with Crippen LogP contribution in [0.3, 0.4) is 0 Å². The quantitative estimate of drug-likeness (QED) is 0.425. The summed E-state index contributed by atoms with van der Waals surface area (Å²) in [6.07, 6.45) is 7.92. The highest BCUT2D eigenvalue weighted by Crippen LogP contribution is 2.15. The number of carbonyl (C=O) groups excluding carboxylic acids is 1. The van der Waals surface area contributed by atoms with Gasteiger partial charge in [0.25, 0.3) is 5.91 Å². The lowest BCUT2D eigenvalue weighted by Gasteiger charge is -2.09. The molecule has 2 aromatic rings. The lowest BCUT2D eigenvalue weighted by atomic mass is 10.1. The first-order chi connectivity index (χ1) is 14.9. The van der Waals surface area contributed by atoms with Crippen LogP contribution in [0.1, 0.15) is 61.4 Å². The molecule has 0 unspecified atom stereocenters. The zero-order valence-electron chi connectivity index (χ0n) is 18.0. The second-order valence-corrected chi connectivity index (χ2v) is 8.52. The van der Waals surface area contributed by atoms with E-state index in [2.05, 4.69) is 16.4 Å². The molecule has 2 rings (SSSR count). The fourth-order valence-electron chi connectivity index (χ4n) is 3.04. The van der Waals surface area contributed by atoms with Crippen LogP contribution in [-0.4, -0.2) is 27.5 Å². The maximum Gasteiger partial charge on any atom is 0.380 e. The van der Waals surface area contributed by atoms with Gasteiger partial charge in [0.05, 0.1) is 6.61 Å². The average Bonchev–Trinajstić information content (AvgIpc) is 2.73. The van der Waals surface area contributed by atoms with Gasteiger partial charge in [-0.3, -0.25) is 4.79 Å². The van der Waals surface area contributed by atoms with Crippen molar-refractivity contribution in [1.82, 2.24) is 5.32 Å². The van der Waals surface area contributed by atoms with Gasteiger partial charge in [-0.1, -0.05) is 51.2 Å². The van der Waals surface area contributed by atoms with Gasteiger partial charge in [-0.05, 0) is 54.8 Å². The topological polar surface area (TPSA) is 108 Å². The van der Waals surface area contributed by atoms with Gasteiger partial charge >= 0.3 is 10.3 Å². The highest BCUT2D eigenvalue weighted by Gasteiger charge is 2.07. The third-order valence-electron chi connectivity index (χ3n) is 4.72. The molecule has 7 nitrogen and oxygen atoms in total. The summed E-state index contributed by atoms with van der Waals surface area (Å²) in [6.45, 7) is 3.35. The number of amides is 1. The first-order valence-corrected chi connectivity index (χ1v) is 12.2. The van der Waals surface area contributed by atoms with Crippen LogP contribution in [0.4, 0.5) is 0 Å². The first-order valence-electron chi connectivity index (χ1n) is 10.7. The molecule has 0 fully saturated rings. The van der Waals surface area contributed by atoms with E-state index in [1.54, 1.807) is 24.3 Å². The van der Waals surface area contributed by atoms with Crippen LogP contribution in [0.25, 0.3) is 0 Å². The number of nitrogens with one attached hydrogen (secondary N) is 1. The van der Waals surface area contributed by atoms with E-state index in [4.69, 9.17) is 9.88 Å². The fourth-order valence-corrected chi connectivity index (χ4v) is 3.42. The Morgan fingerprint density at radius 1 is 0.903 bits per heavy atom. The lowest BCUT2D eigenvalue weighted by molar-refractivity contribution is 0.0954. The van der Waals surface area contributed by atoms with Crippen molar-refractivity contribution in [3.05, 3.63) is 59.7 Å². The summed E-state index contributed by atoms with van der Waals surface area (Å²) in [5, 5.41) is 7.70. The van der Waals surface area contributed by atoms with Crippen molar-refractivity contribution in [2.45, 2.75) is 51.9 Å². The van der Waals surface area contributed by atoms with Crippen LogP contribution in [-0.2, 0) is 16.7 Å². The second kappa shape index (κ2) is 13.0. The number of nitrogens with two attached hydrogens (primary N) is 1. The zero-order valence-corrected chi connectivity index (χ0v) is 18.8. The molecule has 170 valence electrons. The minimum absolute atomic E-state index is 0.147. The van der Waals surface area contributed by atoms with Gasteiger partial charge in [0.15, 0.2) is 0 Å². The number of rotatable bonds is 14. The predicted octanol–water partition coefficient (Wildman–Crippen LogP) is 3.98. The molecule has 31 heavy (non-hydrogen) atoms. The predicted molar refractivity (Wildman–Crippen MR) is 122 cm³/mol. The number of unbranched alkanes of at least 4 members (excludes halogenated alkanes) is 5. The summed E-state index contributed by atoms with van der Waals surface area (Å²) in [7, 11) is -4.03. The molecule has 0 bridgehead atoms. The molecule has 0 atom stereocenters. The Morgan fingerprint density at radius 3 is 2.16 bits per heavy atom. The first kappa shape index (κ1) is 24.7. The van der Waals surface area contributed by atoms with Crippen LogP contribution < -0.4 is 19.4 Å². The summed E-state index contributed by atoms with van der Waals surface area (Å²) in [5.74, 6) is 0.762. The van der Waals surface area contributed by atoms with Crippen molar-refractivity contribution in [3.63, 3.8) is 0 Å². The van der Waals surface area contributed by atoms with Crippen molar-refractivity contribution in [2.24, 2.45) is 5.14 Å². The molecule has 1 amide bonds. The number of hydrogen-bond acceptors (Lipinski definition) is 5. The highest BCUT2D eigenvalue weighted by atomic mass is 32.2. The normalized spacial score (nSPS) is 11.2. The van der Waals surface area contributed by atoms with E-state index in [-0.39, 0.29) is 11.7 Å². The Hall–Kier alpha value is -2.58. The average molecular weight is 449 g/mol. The Labute approximate surface area is 185 Å². The molecule has 0 aromatic heterocycles. The third-order valence-corrected chi connectivity index (χ3v) is 5.14. The maximum atomic E-state index is 12.3. The van der Waals surface area contributed by atoms with Crippen molar-refractivity contribution < 1.29 is 22.1 Å². The minimum Gasteiger partial charge on any atom is -0.494 e. The molecule has 3 N–H and O–H groups in total. The summed E-state index contributed by atoms with van der Waals surface area (Å²) < 4.78 is 32.1. The van der Waals surface area contributed by atoms with E-state index < -0.39 is 10.3 Å². The Bertz CT molecular complexity index is 897. The van der Waals surface area contributed by atoms with E-state index in [9.17, 15) is 13.2 Å². The fraction of sp³-hybridized carbons (Fsp3) is 0.435. The molecule has 8 heteroatoms. The standard InChI is InChI=1S/C23H32N2O5S/c1-2-3-4-5-6-7-18-29-21-14-10-20(11-15-21)23(26)25-17-16-19-8-12-22(13-9-19)30-31(24,27)28/h8-15H,2-7,16-18H2,1H3,(H,25,26)(H2,24,27,28). The van der Waals surface area contributed by atoms with Gasteiger partial charge in [-0.2, -0.15) is 13.6 Å².